The van der Waals surface area contributed by atoms with Crippen LogP contribution in [0.3, 0.4) is 0 Å². The van der Waals surface area contributed by atoms with E-state index in [1.807, 2.05) is 0 Å². The lowest BCUT2D eigenvalue weighted by molar-refractivity contribution is 0.0951. The van der Waals surface area contributed by atoms with Gasteiger partial charge in [0.05, 0.1) is 13.4 Å². The fraction of sp³-hybridized carbons (Fsp3) is 0.500. The topological polar surface area (TPSA) is 103 Å². The molecule has 0 saturated heterocycles. The second-order valence-corrected chi connectivity index (χ2v) is 6.81. The van der Waals surface area contributed by atoms with Gasteiger partial charge in [0.1, 0.15) is 13.2 Å². The first-order valence-corrected chi connectivity index (χ1v) is 9.00. The van der Waals surface area contributed by atoms with Crippen molar-refractivity contribution in [2.24, 2.45) is 0 Å². The third-order valence-corrected chi connectivity index (χ3v) is 3.82. The lowest BCUT2D eigenvalue weighted by Crippen LogP contribution is -2.29. The van der Waals surface area contributed by atoms with Crippen molar-refractivity contribution < 1.29 is 27.4 Å². The van der Waals surface area contributed by atoms with Crippen molar-refractivity contribution >= 4 is 15.9 Å². The van der Waals surface area contributed by atoms with E-state index in [1.165, 1.54) is 7.11 Å². The summed E-state index contributed by atoms with van der Waals surface area (Å²) in [6.45, 7) is 1.46. The van der Waals surface area contributed by atoms with Gasteiger partial charge in [-0.15, -0.1) is 0 Å². The molecule has 1 aliphatic rings. The van der Waals surface area contributed by atoms with Crippen LogP contribution >= 0.6 is 0 Å². The fourth-order valence-electron chi connectivity index (χ4n) is 2.05. The first-order valence-electron chi connectivity index (χ1n) is 7.11. The Morgan fingerprint density at radius 2 is 2.00 bits per heavy atom. The predicted octanol–water partition coefficient (Wildman–Crippen LogP) is 0.136. The molecular weight excluding hydrogens is 324 g/mol. The van der Waals surface area contributed by atoms with Crippen LogP contribution in [0.2, 0.25) is 0 Å². The number of carbonyl (C=O) groups excluding carboxylic acids is 1. The van der Waals surface area contributed by atoms with Gasteiger partial charge in [-0.05, 0) is 18.6 Å². The maximum Gasteiger partial charge on any atom is 0.251 e. The normalized spacial score (nSPS) is 13.5. The molecule has 23 heavy (non-hydrogen) atoms. The summed E-state index contributed by atoms with van der Waals surface area (Å²) in [6, 6.07) is 3.18. The lowest BCUT2D eigenvalue weighted by Gasteiger charge is -2.21. The Morgan fingerprint density at radius 3 is 2.70 bits per heavy atom. The molecule has 0 spiro atoms. The molecule has 0 fully saturated rings. The third kappa shape index (κ3) is 5.00. The van der Waals surface area contributed by atoms with Gasteiger partial charge in [-0.2, -0.15) is 0 Å². The van der Waals surface area contributed by atoms with Gasteiger partial charge in [0.25, 0.3) is 5.91 Å². The van der Waals surface area contributed by atoms with Crippen molar-refractivity contribution in [2.45, 2.75) is 6.42 Å². The molecule has 0 saturated carbocycles. The van der Waals surface area contributed by atoms with Crippen LogP contribution in [0.1, 0.15) is 16.8 Å². The van der Waals surface area contributed by atoms with E-state index in [4.69, 9.17) is 14.2 Å². The zero-order chi connectivity index (χ0) is 16.9. The highest BCUT2D eigenvalue weighted by Gasteiger charge is 2.20. The Hall–Kier alpha value is -2.00. The van der Waals surface area contributed by atoms with Gasteiger partial charge in [0, 0.05) is 18.7 Å². The van der Waals surface area contributed by atoms with Crippen molar-refractivity contribution in [3.05, 3.63) is 17.7 Å². The average molecular weight is 344 g/mol. The van der Waals surface area contributed by atoms with Crippen molar-refractivity contribution in [1.29, 1.82) is 0 Å². The predicted molar refractivity (Wildman–Crippen MR) is 83.8 cm³/mol. The fourth-order valence-corrected chi connectivity index (χ4v) is 2.57. The molecule has 0 aliphatic carbocycles. The SMILES string of the molecule is COc1cc(C(=O)NCCCNS(C)(=O)=O)cc2c1OCCO2. The van der Waals surface area contributed by atoms with Crippen LogP contribution in [0.5, 0.6) is 17.2 Å². The third-order valence-electron chi connectivity index (χ3n) is 3.09. The van der Waals surface area contributed by atoms with Crippen molar-refractivity contribution in [3.63, 3.8) is 0 Å². The number of carbonyl (C=O) groups is 1. The van der Waals surface area contributed by atoms with Gasteiger partial charge in [0.2, 0.25) is 15.8 Å². The maximum atomic E-state index is 12.2. The van der Waals surface area contributed by atoms with Crippen LogP contribution in [-0.2, 0) is 10.0 Å². The number of ether oxygens (including phenoxy) is 3. The lowest BCUT2D eigenvalue weighted by atomic mass is 10.1. The smallest absolute Gasteiger partial charge is 0.251 e. The van der Waals surface area contributed by atoms with Crippen LogP contribution in [0.25, 0.3) is 0 Å². The van der Waals surface area contributed by atoms with Crippen LogP contribution in [0.15, 0.2) is 12.1 Å². The van der Waals surface area contributed by atoms with Crippen LogP contribution in [-0.4, -0.2) is 54.0 Å². The van der Waals surface area contributed by atoms with Crippen LogP contribution in [0.4, 0.5) is 0 Å². The quantitative estimate of drug-likeness (QED) is 0.682. The van der Waals surface area contributed by atoms with Gasteiger partial charge in [-0.3, -0.25) is 4.79 Å². The molecule has 2 N–H and O–H groups in total. The van der Waals surface area contributed by atoms with E-state index < -0.39 is 10.0 Å². The van der Waals surface area contributed by atoms with E-state index in [9.17, 15) is 13.2 Å². The van der Waals surface area contributed by atoms with E-state index in [1.54, 1.807) is 12.1 Å². The molecule has 0 radical (unpaired) electrons. The van der Waals surface area contributed by atoms with E-state index >= 15 is 0 Å². The number of methoxy groups -OCH3 is 1. The van der Waals surface area contributed by atoms with Crippen molar-refractivity contribution in [1.82, 2.24) is 10.0 Å². The zero-order valence-corrected chi connectivity index (χ0v) is 13.9. The number of fused-ring (bicyclic) bond motifs is 1. The van der Waals surface area contributed by atoms with Crippen LogP contribution in [0, 0.1) is 0 Å². The Bertz CT molecular complexity index is 657. The van der Waals surface area contributed by atoms with Gasteiger partial charge >= 0.3 is 0 Å². The molecule has 1 aromatic rings. The molecular formula is C14H20N2O6S. The monoisotopic (exact) mass is 344 g/mol. The number of benzene rings is 1. The number of sulfonamides is 1. The summed E-state index contributed by atoms with van der Waals surface area (Å²) in [4.78, 5) is 12.2. The summed E-state index contributed by atoms with van der Waals surface area (Å²) >= 11 is 0. The first-order chi connectivity index (χ1) is 10.9. The molecule has 2 rings (SSSR count). The van der Waals surface area contributed by atoms with E-state index in [0.29, 0.717) is 49.0 Å². The summed E-state index contributed by atoms with van der Waals surface area (Å²) in [5.41, 5.74) is 0.391. The summed E-state index contributed by atoms with van der Waals surface area (Å²) in [5.74, 6) is 1.11. The number of amides is 1. The minimum absolute atomic E-state index is 0.267. The maximum absolute atomic E-state index is 12.2. The largest absolute Gasteiger partial charge is 0.493 e. The summed E-state index contributed by atoms with van der Waals surface area (Å²) in [6.07, 6.45) is 1.58. The highest BCUT2D eigenvalue weighted by atomic mass is 32.2. The summed E-state index contributed by atoms with van der Waals surface area (Å²) in [5, 5.41) is 2.72. The first kappa shape index (κ1) is 17.4. The molecule has 8 nitrogen and oxygen atoms in total. The second kappa shape index (κ2) is 7.51. The van der Waals surface area contributed by atoms with Crippen molar-refractivity contribution in [2.75, 3.05) is 39.7 Å². The Balaban J connectivity index is 1.94. The zero-order valence-electron chi connectivity index (χ0n) is 13.0. The molecule has 0 atom stereocenters. The molecule has 1 heterocycles. The Morgan fingerprint density at radius 1 is 1.26 bits per heavy atom. The molecule has 1 amide bonds. The second-order valence-electron chi connectivity index (χ2n) is 4.98. The molecule has 0 unspecified atom stereocenters. The standard InChI is InChI=1S/C14H20N2O6S/c1-20-11-8-10(9-12-13(11)22-7-6-21-12)14(17)15-4-3-5-16-23(2,18)19/h8-9,16H,3-7H2,1-2H3,(H,15,17). The van der Waals surface area contributed by atoms with E-state index in [0.717, 1.165) is 6.26 Å². The molecule has 1 aromatic carbocycles. The van der Waals surface area contributed by atoms with E-state index in [-0.39, 0.29) is 12.5 Å². The molecule has 128 valence electrons. The minimum atomic E-state index is -3.21. The highest BCUT2D eigenvalue weighted by Crippen LogP contribution is 2.40. The molecule has 9 heteroatoms. The molecule has 0 aromatic heterocycles. The van der Waals surface area contributed by atoms with Gasteiger partial charge in [-0.1, -0.05) is 0 Å². The minimum Gasteiger partial charge on any atom is -0.493 e. The summed E-state index contributed by atoms with van der Waals surface area (Å²) in [7, 11) is -1.71. The molecule has 1 aliphatic heterocycles. The Labute approximate surface area is 135 Å². The number of hydrogen-bond acceptors (Lipinski definition) is 6. The Kier molecular flexibility index (Phi) is 5.67. The van der Waals surface area contributed by atoms with E-state index in [2.05, 4.69) is 10.0 Å². The number of rotatable bonds is 7. The van der Waals surface area contributed by atoms with Crippen molar-refractivity contribution in [3.8, 4) is 17.2 Å². The number of hydrogen-bond donors (Lipinski definition) is 2. The molecule has 0 bridgehead atoms. The van der Waals surface area contributed by atoms with Crippen LogP contribution < -0.4 is 24.2 Å². The average Bonchev–Trinajstić information content (AvgIpc) is 2.52. The highest BCUT2D eigenvalue weighted by molar-refractivity contribution is 7.88. The van der Waals surface area contributed by atoms with Gasteiger partial charge in [0.15, 0.2) is 11.5 Å². The summed E-state index contributed by atoms with van der Waals surface area (Å²) < 4.78 is 40.4. The number of nitrogens with one attached hydrogen (secondary N) is 2. The van der Waals surface area contributed by atoms with Gasteiger partial charge in [-0.25, -0.2) is 13.1 Å². The van der Waals surface area contributed by atoms with Gasteiger partial charge < -0.3 is 19.5 Å².